The van der Waals surface area contributed by atoms with Crippen LogP contribution < -0.4 is 0 Å². The molecule has 0 bridgehead atoms. The van der Waals surface area contributed by atoms with Crippen molar-refractivity contribution in [1.29, 1.82) is 0 Å². The SMILES string of the molecule is CN(C)[C](=[Cr])c1ccc(-c2ccc(Br)s2)s1. The molecule has 2 aromatic heterocycles. The monoisotopic (exact) mass is 351 g/mol. The molecular formula is C11H10BrCrNS2. The first kappa shape index (κ1) is 12.7. The second-order valence-electron chi connectivity index (χ2n) is 3.47. The Kier molecular flexibility index (Phi) is 4.17. The minimum absolute atomic E-state index is 1.18. The predicted octanol–water partition coefficient (Wildman–Crippen LogP) is 3.83. The summed E-state index contributed by atoms with van der Waals surface area (Å²) in [6.07, 6.45) is 0. The fourth-order valence-corrected chi connectivity index (χ4v) is 4.06. The molecule has 84 valence electrons. The van der Waals surface area contributed by atoms with Gasteiger partial charge in [-0.25, -0.2) is 0 Å². The number of hydrogen-bond acceptors (Lipinski definition) is 3. The van der Waals surface area contributed by atoms with Gasteiger partial charge in [-0.2, -0.15) is 0 Å². The van der Waals surface area contributed by atoms with Crippen molar-refractivity contribution in [2.75, 3.05) is 14.1 Å². The number of rotatable bonds is 3. The van der Waals surface area contributed by atoms with Crippen molar-refractivity contribution in [3.63, 3.8) is 0 Å². The quantitative estimate of drug-likeness (QED) is 0.812. The average Bonchev–Trinajstić information content (AvgIpc) is 2.84. The van der Waals surface area contributed by atoms with Gasteiger partial charge in [0.15, 0.2) is 0 Å². The average molecular weight is 352 g/mol. The van der Waals surface area contributed by atoms with E-state index in [1.807, 2.05) is 25.4 Å². The van der Waals surface area contributed by atoms with Crippen molar-refractivity contribution < 1.29 is 15.9 Å². The van der Waals surface area contributed by atoms with E-state index in [1.165, 1.54) is 22.9 Å². The van der Waals surface area contributed by atoms with Gasteiger partial charge in [-0.05, 0) is 0 Å². The Morgan fingerprint density at radius 2 is 1.75 bits per heavy atom. The zero-order valence-corrected chi connectivity index (χ0v) is 13.4. The molecule has 0 N–H and O–H groups in total. The third-order valence-corrected chi connectivity index (χ3v) is 6.08. The Hall–Kier alpha value is 0.242. The predicted molar refractivity (Wildman–Crippen MR) is 73.1 cm³/mol. The number of thiophene rings is 2. The molecule has 0 aliphatic heterocycles. The summed E-state index contributed by atoms with van der Waals surface area (Å²) in [5, 5.41) is 0. The van der Waals surface area contributed by atoms with Crippen molar-refractivity contribution in [2.24, 2.45) is 0 Å². The van der Waals surface area contributed by atoms with Gasteiger partial charge in [0.25, 0.3) is 0 Å². The van der Waals surface area contributed by atoms with Crippen molar-refractivity contribution in [3.8, 4) is 9.75 Å². The van der Waals surface area contributed by atoms with Crippen LogP contribution in [-0.2, 0) is 15.9 Å². The van der Waals surface area contributed by atoms with E-state index in [4.69, 9.17) is 0 Å². The van der Waals surface area contributed by atoms with E-state index in [0.717, 1.165) is 0 Å². The summed E-state index contributed by atoms with van der Waals surface area (Å²) >= 11 is 10.2. The van der Waals surface area contributed by atoms with Crippen LogP contribution in [0.3, 0.4) is 0 Å². The summed E-state index contributed by atoms with van der Waals surface area (Å²) in [7, 11) is 4.10. The summed E-state index contributed by atoms with van der Waals surface area (Å²) in [4.78, 5) is 6.01. The Morgan fingerprint density at radius 1 is 1.12 bits per heavy atom. The maximum atomic E-state index is 3.49. The zero-order valence-electron chi connectivity index (χ0n) is 8.86. The van der Waals surface area contributed by atoms with Crippen molar-refractivity contribution in [1.82, 2.24) is 4.90 Å². The molecule has 0 aliphatic carbocycles. The topological polar surface area (TPSA) is 3.24 Å². The number of nitrogens with zero attached hydrogens (tertiary/aromatic N) is 1. The molecule has 0 unspecified atom stereocenters. The number of hydrogen-bond donors (Lipinski definition) is 0. The molecule has 0 aromatic carbocycles. The van der Waals surface area contributed by atoms with Crippen LogP contribution in [0.4, 0.5) is 0 Å². The molecule has 5 heteroatoms. The third-order valence-electron chi connectivity index (χ3n) is 2.04. The van der Waals surface area contributed by atoms with E-state index in [-0.39, 0.29) is 0 Å². The first-order chi connectivity index (χ1) is 7.58. The van der Waals surface area contributed by atoms with E-state index in [1.54, 1.807) is 11.3 Å². The summed E-state index contributed by atoms with van der Waals surface area (Å²) < 4.78 is 2.36. The van der Waals surface area contributed by atoms with Gasteiger partial charge < -0.3 is 0 Å². The standard InChI is InChI=1S/C11H10BrNS2.Cr/c1-13(2)7-8-3-4-9(14-8)10-5-6-11(12)15-10;/h3-6H,1-2H3;. The molecule has 2 heterocycles. The van der Waals surface area contributed by atoms with E-state index in [0.29, 0.717) is 0 Å². The fraction of sp³-hybridized carbons (Fsp3) is 0.182. The molecule has 0 fully saturated rings. The van der Waals surface area contributed by atoms with Crippen molar-refractivity contribution >= 4 is 43.1 Å². The molecule has 0 radical (unpaired) electrons. The first-order valence-electron chi connectivity index (χ1n) is 4.65. The van der Waals surface area contributed by atoms with Crippen LogP contribution in [0.1, 0.15) is 4.88 Å². The summed E-state index contributed by atoms with van der Waals surface area (Å²) in [6, 6.07) is 8.59. The van der Waals surface area contributed by atoms with E-state index >= 15 is 0 Å². The molecule has 0 aliphatic rings. The van der Waals surface area contributed by atoms with Crippen LogP contribution in [0.25, 0.3) is 9.75 Å². The molecule has 0 atom stereocenters. The molecule has 1 nitrogen and oxygen atoms in total. The fourth-order valence-electron chi connectivity index (χ4n) is 1.25. The van der Waals surface area contributed by atoms with Crippen LogP contribution in [0.5, 0.6) is 0 Å². The number of halogens is 1. The Labute approximate surface area is 120 Å². The van der Waals surface area contributed by atoms with Crippen LogP contribution in [0.2, 0.25) is 0 Å². The summed E-state index contributed by atoms with van der Waals surface area (Å²) in [5.41, 5.74) is 0. The summed E-state index contributed by atoms with van der Waals surface area (Å²) in [6.45, 7) is 0. The normalized spacial score (nSPS) is 11.0. The molecule has 0 spiro atoms. The van der Waals surface area contributed by atoms with Crippen LogP contribution in [-0.4, -0.2) is 23.5 Å². The maximum absolute atomic E-state index is 3.49. The molecule has 0 saturated carbocycles. The van der Waals surface area contributed by atoms with Gasteiger partial charge >= 0.3 is 121 Å². The van der Waals surface area contributed by atoms with Gasteiger partial charge in [-0.1, -0.05) is 0 Å². The van der Waals surface area contributed by atoms with Gasteiger partial charge in [0, 0.05) is 0 Å². The Balaban J connectivity index is 2.29. The minimum atomic E-state index is 1.18. The van der Waals surface area contributed by atoms with Gasteiger partial charge in [-0.15, -0.1) is 0 Å². The van der Waals surface area contributed by atoms with Gasteiger partial charge in [0.05, 0.1) is 0 Å². The second kappa shape index (κ2) is 5.26. The van der Waals surface area contributed by atoms with Crippen molar-refractivity contribution in [2.45, 2.75) is 0 Å². The van der Waals surface area contributed by atoms with Crippen LogP contribution in [0, 0.1) is 0 Å². The van der Waals surface area contributed by atoms with Gasteiger partial charge in [0.1, 0.15) is 0 Å². The molecule has 0 amide bonds. The molecule has 2 aromatic rings. The van der Waals surface area contributed by atoms with Crippen LogP contribution in [0.15, 0.2) is 28.1 Å². The third kappa shape index (κ3) is 2.73. The zero-order chi connectivity index (χ0) is 11.7. The second-order valence-corrected chi connectivity index (χ2v) is 7.62. The molecule has 2 rings (SSSR count). The molecule has 16 heavy (non-hydrogen) atoms. The Morgan fingerprint density at radius 3 is 2.31 bits per heavy atom. The van der Waals surface area contributed by atoms with E-state index in [2.05, 4.69) is 60.9 Å². The van der Waals surface area contributed by atoms with Gasteiger partial charge in [-0.3, -0.25) is 0 Å². The summed E-state index contributed by atoms with van der Waals surface area (Å²) in [5.74, 6) is 0. The van der Waals surface area contributed by atoms with Crippen LogP contribution >= 0.6 is 38.6 Å². The van der Waals surface area contributed by atoms with E-state index in [9.17, 15) is 0 Å². The van der Waals surface area contributed by atoms with Crippen molar-refractivity contribution in [3.05, 3.63) is 32.9 Å². The van der Waals surface area contributed by atoms with E-state index < -0.39 is 0 Å². The molecule has 0 saturated heterocycles. The molecular weight excluding hydrogens is 342 g/mol. The Bertz CT molecular complexity index is 516. The first-order valence-corrected chi connectivity index (χ1v) is 7.71. The van der Waals surface area contributed by atoms with Gasteiger partial charge in [0.2, 0.25) is 0 Å².